The van der Waals surface area contributed by atoms with Gasteiger partial charge in [-0.2, -0.15) is 0 Å². The zero-order valence-corrected chi connectivity index (χ0v) is 14.5. The second kappa shape index (κ2) is 7.49. The van der Waals surface area contributed by atoms with Crippen LogP contribution in [0, 0.1) is 0 Å². The molecule has 0 fully saturated rings. The van der Waals surface area contributed by atoms with Gasteiger partial charge in [0.1, 0.15) is 11.4 Å². The van der Waals surface area contributed by atoms with Crippen LogP contribution in [0.15, 0.2) is 36.4 Å². The minimum Gasteiger partial charge on any atom is -0.428 e. The van der Waals surface area contributed by atoms with E-state index in [0.717, 1.165) is 17.2 Å². The van der Waals surface area contributed by atoms with Gasteiger partial charge in [0.15, 0.2) is 0 Å². The van der Waals surface area contributed by atoms with Gasteiger partial charge in [-0.15, -0.1) is 0 Å². The topological polar surface area (TPSA) is 35.5 Å². The van der Waals surface area contributed by atoms with E-state index in [9.17, 15) is 4.79 Å². The van der Waals surface area contributed by atoms with Crippen molar-refractivity contribution in [2.45, 2.75) is 59.0 Å². The number of unbranched alkanes of at least 4 members (excludes halogenated alkanes) is 2. The first-order valence-corrected chi connectivity index (χ1v) is 8.31. The lowest BCUT2D eigenvalue weighted by atomic mass is 10.0. The van der Waals surface area contributed by atoms with E-state index < -0.39 is 11.8 Å². The van der Waals surface area contributed by atoms with E-state index in [1.807, 2.05) is 39.0 Å². The van der Waals surface area contributed by atoms with Gasteiger partial charge in [0.25, 0.3) is 0 Å². The van der Waals surface area contributed by atoms with Gasteiger partial charge in [-0.05, 0) is 62.1 Å². The Morgan fingerprint density at radius 2 is 1.70 bits per heavy atom. The molecule has 0 atom stereocenters. The highest BCUT2D eigenvalue weighted by Gasteiger charge is 2.18. The zero-order chi connectivity index (χ0) is 16.9. The van der Waals surface area contributed by atoms with Gasteiger partial charge < -0.3 is 9.47 Å². The summed E-state index contributed by atoms with van der Waals surface area (Å²) in [5.41, 5.74) is 0.799. The van der Waals surface area contributed by atoms with Crippen molar-refractivity contribution in [1.29, 1.82) is 0 Å². The molecule has 3 nitrogen and oxygen atoms in total. The molecule has 0 unspecified atom stereocenters. The van der Waals surface area contributed by atoms with Crippen molar-refractivity contribution < 1.29 is 14.3 Å². The number of carbonyl (C=O) groups excluding carboxylic acids is 1. The van der Waals surface area contributed by atoms with Crippen molar-refractivity contribution in [2.75, 3.05) is 0 Å². The number of aryl methyl sites for hydroxylation is 1. The number of rotatable bonds is 5. The van der Waals surface area contributed by atoms with Crippen LogP contribution in [0.1, 0.15) is 52.5 Å². The van der Waals surface area contributed by atoms with Crippen LogP contribution in [0.4, 0.5) is 4.79 Å². The summed E-state index contributed by atoms with van der Waals surface area (Å²) >= 11 is 0. The van der Waals surface area contributed by atoms with E-state index in [1.54, 1.807) is 0 Å². The van der Waals surface area contributed by atoms with Crippen LogP contribution in [0.2, 0.25) is 0 Å². The monoisotopic (exact) mass is 314 g/mol. The Morgan fingerprint density at radius 1 is 1.00 bits per heavy atom. The standard InChI is InChI=1S/C20H26O3/c1-5-6-7-8-15-9-10-17-14-18(12-11-16(17)13-15)22-19(21)23-20(2,3)4/h9-14H,5-8H2,1-4H3. The number of benzene rings is 2. The highest BCUT2D eigenvalue weighted by Crippen LogP contribution is 2.23. The molecule has 2 aromatic carbocycles. The number of fused-ring (bicyclic) bond motifs is 1. The van der Waals surface area contributed by atoms with E-state index in [-0.39, 0.29) is 0 Å². The highest BCUT2D eigenvalue weighted by molar-refractivity contribution is 5.85. The molecule has 0 heterocycles. The SMILES string of the molecule is CCCCCc1ccc2cc(OC(=O)OC(C)(C)C)ccc2c1. The summed E-state index contributed by atoms with van der Waals surface area (Å²) in [4.78, 5) is 11.7. The molecule has 124 valence electrons. The summed E-state index contributed by atoms with van der Waals surface area (Å²) in [5.74, 6) is 0.505. The average Bonchev–Trinajstić information content (AvgIpc) is 2.45. The summed E-state index contributed by atoms with van der Waals surface area (Å²) in [6, 6.07) is 12.1. The number of hydrogen-bond acceptors (Lipinski definition) is 3. The van der Waals surface area contributed by atoms with Crippen LogP contribution in [0.5, 0.6) is 5.75 Å². The molecule has 0 radical (unpaired) electrons. The van der Waals surface area contributed by atoms with Crippen LogP contribution in [0.25, 0.3) is 10.8 Å². The molecule has 2 aromatic rings. The maximum absolute atomic E-state index is 11.7. The Hall–Kier alpha value is -2.03. The van der Waals surface area contributed by atoms with Crippen LogP contribution in [-0.4, -0.2) is 11.8 Å². The van der Waals surface area contributed by atoms with E-state index in [4.69, 9.17) is 9.47 Å². The molecule has 0 aliphatic heterocycles. The molecule has 0 saturated carbocycles. The largest absolute Gasteiger partial charge is 0.514 e. The molecule has 0 bridgehead atoms. The van der Waals surface area contributed by atoms with E-state index in [0.29, 0.717) is 5.75 Å². The fourth-order valence-electron chi connectivity index (χ4n) is 2.44. The maximum atomic E-state index is 11.7. The highest BCUT2D eigenvalue weighted by atomic mass is 16.7. The van der Waals surface area contributed by atoms with Crippen molar-refractivity contribution in [1.82, 2.24) is 0 Å². The van der Waals surface area contributed by atoms with Crippen LogP contribution in [0.3, 0.4) is 0 Å². The van der Waals surface area contributed by atoms with Gasteiger partial charge in [0.2, 0.25) is 0 Å². The molecule has 2 rings (SSSR count). The lowest BCUT2D eigenvalue weighted by Gasteiger charge is -2.18. The first-order valence-electron chi connectivity index (χ1n) is 8.31. The zero-order valence-electron chi connectivity index (χ0n) is 14.5. The van der Waals surface area contributed by atoms with Gasteiger partial charge in [-0.25, -0.2) is 4.79 Å². The van der Waals surface area contributed by atoms with Crippen molar-refractivity contribution in [2.24, 2.45) is 0 Å². The summed E-state index contributed by atoms with van der Waals surface area (Å²) in [5, 5.41) is 2.22. The van der Waals surface area contributed by atoms with Crippen LogP contribution in [-0.2, 0) is 11.2 Å². The van der Waals surface area contributed by atoms with Crippen molar-refractivity contribution in [3.8, 4) is 5.75 Å². The van der Waals surface area contributed by atoms with Crippen molar-refractivity contribution in [3.05, 3.63) is 42.0 Å². The number of ether oxygens (including phenoxy) is 2. The molecule has 0 aromatic heterocycles. The summed E-state index contributed by atoms with van der Waals surface area (Å²) in [7, 11) is 0. The Labute approximate surface area is 138 Å². The Kier molecular flexibility index (Phi) is 5.64. The molecule has 0 aliphatic rings. The smallest absolute Gasteiger partial charge is 0.428 e. The van der Waals surface area contributed by atoms with Gasteiger partial charge in [0, 0.05) is 0 Å². The lowest BCUT2D eigenvalue weighted by molar-refractivity contribution is 0.0206. The number of carbonyl (C=O) groups is 1. The van der Waals surface area contributed by atoms with Gasteiger partial charge in [-0.1, -0.05) is 44.0 Å². The van der Waals surface area contributed by atoms with E-state index in [2.05, 4.69) is 25.1 Å². The Morgan fingerprint density at radius 3 is 2.39 bits per heavy atom. The minimum absolute atomic E-state index is 0.505. The molecule has 0 amide bonds. The predicted molar refractivity (Wildman–Crippen MR) is 94.0 cm³/mol. The second-order valence-corrected chi connectivity index (χ2v) is 6.87. The summed E-state index contributed by atoms with van der Waals surface area (Å²) < 4.78 is 10.4. The van der Waals surface area contributed by atoms with Gasteiger partial charge in [-0.3, -0.25) is 0 Å². The molecule has 3 heteroatoms. The lowest BCUT2D eigenvalue weighted by Crippen LogP contribution is -2.25. The fraction of sp³-hybridized carbons (Fsp3) is 0.450. The molecular formula is C20H26O3. The van der Waals surface area contributed by atoms with E-state index >= 15 is 0 Å². The molecule has 0 saturated heterocycles. The fourth-order valence-corrected chi connectivity index (χ4v) is 2.44. The molecule has 0 aliphatic carbocycles. The Bertz CT molecular complexity index is 668. The minimum atomic E-state index is -0.673. The third-order valence-electron chi connectivity index (χ3n) is 3.54. The van der Waals surface area contributed by atoms with Crippen molar-refractivity contribution >= 4 is 16.9 Å². The Balaban J connectivity index is 2.07. The van der Waals surface area contributed by atoms with Gasteiger partial charge in [0.05, 0.1) is 0 Å². The summed E-state index contributed by atoms with van der Waals surface area (Å²) in [6.07, 6.45) is 4.16. The number of hydrogen-bond donors (Lipinski definition) is 0. The summed E-state index contributed by atoms with van der Waals surface area (Å²) in [6.45, 7) is 7.66. The predicted octanol–water partition coefficient (Wildman–Crippen LogP) is 5.89. The third kappa shape index (κ3) is 5.59. The quantitative estimate of drug-likeness (QED) is 0.392. The average molecular weight is 314 g/mol. The first kappa shape index (κ1) is 17.3. The molecule has 0 N–H and O–H groups in total. The third-order valence-corrected chi connectivity index (χ3v) is 3.54. The second-order valence-electron chi connectivity index (χ2n) is 6.87. The van der Waals surface area contributed by atoms with Crippen LogP contribution >= 0.6 is 0 Å². The first-order chi connectivity index (χ1) is 10.9. The van der Waals surface area contributed by atoms with E-state index in [1.165, 1.54) is 24.8 Å². The molecule has 0 spiro atoms. The molecular weight excluding hydrogens is 288 g/mol. The normalized spacial score (nSPS) is 11.5. The van der Waals surface area contributed by atoms with Crippen molar-refractivity contribution in [3.63, 3.8) is 0 Å². The van der Waals surface area contributed by atoms with Gasteiger partial charge >= 0.3 is 6.16 Å². The molecule has 23 heavy (non-hydrogen) atoms. The maximum Gasteiger partial charge on any atom is 0.514 e. The van der Waals surface area contributed by atoms with Crippen LogP contribution < -0.4 is 4.74 Å².